The predicted octanol–water partition coefficient (Wildman–Crippen LogP) is 2.96. The largest absolute Gasteiger partial charge is 0.493 e. The van der Waals surface area contributed by atoms with Gasteiger partial charge in [-0.2, -0.15) is 0 Å². The van der Waals surface area contributed by atoms with Crippen molar-refractivity contribution in [2.45, 2.75) is 19.0 Å². The molecule has 0 aliphatic rings. The first-order chi connectivity index (χ1) is 10.0. The van der Waals surface area contributed by atoms with Gasteiger partial charge < -0.3 is 9.84 Å². The Kier molecular flexibility index (Phi) is 5.16. The van der Waals surface area contributed by atoms with Crippen molar-refractivity contribution >= 4 is 17.7 Å². The van der Waals surface area contributed by atoms with E-state index >= 15 is 0 Å². The van der Waals surface area contributed by atoms with Crippen LogP contribution < -0.4 is 4.74 Å². The van der Waals surface area contributed by atoms with Crippen molar-refractivity contribution in [1.82, 2.24) is 9.97 Å². The minimum Gasteiger partial charge on any atom is -0.493 e. The molecule has 1 aromatic carbocycles. The molecule has 0 atom stereocenters. The van der Waals surface area contributed by atoms with E-state index in [-0.39, 0.29) is 5.56 Å². The van der Waals surface area contributed by atoms with Gasteiger partial charge in [-0.15, -0.1) is 0 Å². The van der Waals surface area contributed by atoms with E-state index in [0.717, 1.165) is 16.5 Å². The number of rotatable bonds is 6. The fourth-order valence-corrected chi connectivity index (χ4v) is 2.54. The molecule has 1 heterocycles. The molecule has 2 aromatic rings. The van der Waals surface area contributed by atoms with Gasteiger partial charge >= 0.3 is 5.97 Å². The molecule has 0 unspecified atom stereocenters. The summed E-state index contributed by atoms with van der Waals surface area (Å²) in [6.45, 7) is 4.34. The number of carbonyl (C=O) groups is 1. The van der Waals surface area contributed by atoms with Gasteiger partial charge in [-0.1, -0.05) is 17.8 Å². The Hall–Kier alpha value is -2.08. The summed E-state index contributed by atoms with van der Waals surface area (Å²) in [7, 11) is 0. The quantitative estimate of drug-likeness (QED) is 0.502. The van der Waals surface area contributed by atoms with Crippen molar-refractivity contribution in [3.05, 3.63) is 47.3 Å². The van der Waals surface area contributed by atoms with Crippen molar-refractivity contribution in [1.29, 1.82) is 0 Å². The number of nitrogens with zero attached hydrogens (tertiary/aromatic N) is 2. The van der Waals surface area contributed by atoms with Crippen LogP contribution in [0.2, 0.25) is 0 Å². The van der Waals surface area contributed by atoms with Gasteiger partial charge in [0, 0.05) is 17.1 Å². The van der Waals surface area contributed by atoms with E-state index in [1.807, 2.05) is 19.9 Å². The van der Waals surface area contributed by atoms with Gasteiger partial charge in [-0.25, -0.2) is 14.8 Å². The molecule has 2 rings (SSSR count). The van der Waals surface area contributed by atoms with Crippen LogP contribution in [-0.4, -0.2) is 33.4 Å². The second-order valence-corrected chi connectivity index (χ2v) is 5.53. The topological polar surface area (TPSA) is 72.3 Å². The Labute approximate surface area is 127 Å². The minimum absolute atomic E-state index is 0.220. The zero-order valence-electron chi connectivity index (χ0n) is 11.9. The summed E-state index contributed by atoms with van der Waals surface area (Å²) in [4.78, 5) is 19.5. The molecule has 0 saturated heterocycles. The van der Waals surface area contributed by atoms with Crippen molar-refractivity contribution in [2.75, 3.05) is 12.4 Å². The molecule has 0 bridgehead atoms. The molecule has 0 aliphatic heterocycles. The molecule has 1 aromatic heterocycles. The highest BCUT2D eigenvalue weighted by Gasteiger charge is 2.04. The molecule has 6 heteroatoms. The first kappa shape index (κ1) is 15.3. The average Bonchev–Trinajstić information content (AvgIpc) is 2.43. The Balaban J connectivity index is 1.84. The third-order valence-electron chi connectivity index (χ3n) is 2.63. The van der Waals surface area contributed by atoms with Crippen LogP contribution in [0.4, 0.5) is 0 Å². The van der Waals surface area contributed by atoms with Crippen LogP contribution >= 0.6 is 11.8 Å². The standard InChI is InChI=1S/C15H16N2O3S/c1-10-8-11(2)17-15(16-10)21-7-6-20-13-5-3-4-12(9-13)14(18)19/h3-5,8-9H,6-7H2,1-2H3,(H,18,19). The fraction of sp³-hybridized carbons (Fsp3) is 0.267. The molecule has 5 nitrogen and oxygen atoms in total. The number of aromatic carboxylic acids is 1. The highest BCUT2D eigenvalue weighted by Crippen LogP contribution is 2.16. The lowest BCUT2D eigenvalue weighted by atomic mass is 10.2. The highest BCUT2D eigenvalue weighted by molar-refractivity contribution is 7.99. The molecule has 0 radical (unpaired) electrons. The van der Waals surface area contributed by atoms with Gasteiger partial charge in [0.2, 0.25) is 0 Å². The Morgan fingerprint density at radius 1 is 1.24 bits per heavy atom. The SMILES string of the molecule is Cc1cc(C)nc(SCCOc2cccc(C(=O)O)c2)n1. The maximum atomic E-state index is 10.9. The summed E-state index contributed by atoms with van der Waals surface area (Å²) in [5.41, 5.74) is 2.11. The summed E-state index contributed by atoms with van der Waals surface area (Å²) < 4.78 is 5.54. The predicted molar refractivity (Wildman–Crippen MR) is 81.1 cm³/mol. The van der Waals surface area contributed by atoms with Crippen LogP contribution in [0, 0.1) is 13.8 Å². The summed E-state index contributed by atoms with van der Waals surface area (Å²) in [5, 5.41) is 9.64. The van der Waals surface area contributed by atoms with Crippen molar-refractivity contribution in [3.63, 3.8) is 0 Å². The fourth-order valence-electron chi connectivity index (χ4n) is 1.77. The molecule has 110 valence electrons. The van der Waals surface area contributed by atoms with E-state index in [2.05, 4.69) is 9.97 Å². The van der Waals surface area contributed by atoms with Crippen LogP contribution in [0.15, 0.2) is 35.5 Å². The lowest BCUT2D eigenvalue weighted by Gasteiger charge is -2.07. The Morgan fingerprint density at radius 3 is 2.62 bits per heavy atom. The molecule has 0 saturated carbocycles. The molecule has 1 N–H and O–H groups in total. The third-order valence-corrected chi connectivity index (χ3v) is 3.44. The van der Waals surface area contributed by atoms with E-state index in [9.17, 15) is 4.79 Å². The highest BCUT2D eigenvalue weighted by atomic mass is 32.2. The second kappa shape index (κ2) is 7.08. The second-order valence-electron chi connectivity index (χ2n) is 4.46. The summed E-state index contributed by atoms with van der Waals surface area (Å²) >= 11 is 1.51. The Bertz CT molecular complexity index is 626. The van der Waals surface area contributed by atoms with Crippen molar-refractivity contribution in [3.8, 4) is 5.75 Å². The number of benzene rings is 1. The van der Waals surface area contributed by atoms with Crippen LogP contribution in [0.25, 0.3) is 0 Å². The van der Waals surface area contributed by atoms with Crippen molar-refractivity contribution in [2.24, 2.45) is 0 Å². The van der Waals surface area contributed by atoms with Gasteiger partial charge in [-0.05, 0) is 38.1 Å². The summed E-state index contributed by atoms with van der Waals surface area (Å²) in [6.07, 6.45) is 0. The first-order valence-electron chi connectivity index (χ1n) is 6.46. The van der Waals surface area contributed by atoms with E-state index in [1.54, 1.807) is 12.1 Å². The van der Waals surface area contributed by atoms with Gasteiger partial charge in [0.15, 0.2) is 5.16 Å². The summed E-state index contributed by atoms with van der Waals surface area (Å²) in [5.74, 6) is 0.288. The van der Waals surface area contributed by atoms with Crippen LogP contribution in [0.5, 0.6) is 5.75 Å². The number of carboxylic acid groups (broad SMARTS) is 1. The molecule has 0 spiro atoms. The first-order valence-corrected chi connectivity index (χ1v) is 7.44. The maximum absolute atomic E-state index is 10.9. The Morgan fingerprint density at radius 2 is 1.95 bits per heavy atom. The van der Waals surface area contributed by atoms with E-state index in [4.69, 9.17) is 9.84 Å². The number of aryl methyl sites for hydroxylation is 2. The average molecular weight is 304 g/mol. The lowest BCUT2D eigenvalue weighted by molar-refractivity contribution is 0.0696. The number of aromatic nitrogens is 2. The number of ether oxygens (including phenoxy) is 1. The van der Waals surface area contributed by atoms with Gasteiger partial charge in [0.05, 0.1) is 12.2 Å². The van der Waals surface area contributed by atoms with Gasteiger partial charge in [0.1, 0.15) is 5.75 Å². The zero-order chi connectivity index (χ0) is 15.2. The van der Waals surface area contributed by atoms with E-state index in [1.165, 1.54) is 23.9 Å². The number of thioether (sulfide) groups is 1. The zero-order valence-corrected chi connectivity index (χ0v) is 12.7. The maximum Gasteiger partial charge on any atom is 0.335 e. The van der Waals surface area contributed by atoms with Gasteiger partial charge in [0.25, 0.3) is 0 Å². The van der Waals surface area contributed by atoms with E-state index < -0.39 is 5.97 Å². The normalized spacial score (nSPS) is 10.4. The van der Waals surface area contributed by atoms with Gasteiger partial charge in [-0.3, -0.25) is 0 Å². The monoisotopic (exact) mass is 304 g/mol. The van der Waals surface area contributed by atoms with Crippen LogP contribution in [-0.2, 0) is 0 Å². The van der Waals surface area contributed by atoms with Crippen LogP contribution in [0.1, 0.15) is 21.7 Å². The minimum atomic E-state index is -0.960. The van der Waals surface area contributed by atoms with Crippen LogP contribution in [0.3, 0.4) is 0 Å². The van der Waals surface area contributed by atoms with E-state index in [0.29, 0.717) is 18.1 Å². The number of hydrogen-bond donors (Lipinski definition) is 1. The molecule has 0 fully saturated rings. The number of carboxylic acids is 1. The number of hydrogen-bond acceptors (Lipinski definition) is 5. The van der Waals surface area contributed by atoms with Crippen molar-refractivity contribution < 1.29 is 14.6 Å². The third kappa shape index (κ3) is 4.75. The molecule has 21 heavy (non-hydrogen) atoms. The molecule has 0 amide bonds. The molecule has 0 aliphatic carbocycles. The lowest BCUT2D eigenvalue weighted by Crippen LogP contribution is -2.03. The summed E-state index contributed by atoms with van der Waals surface area (Å²) in [6, 6.07) is 8.38. The molecular weight excluding hydrogens is 288 g/mol. The molecular formula is C15H16N2O3S. The smallest absolute Gasteiger partial charge is 0.335 e.